The van der Waals surface area contributed by atoms with E-state index in [4.69, 9.17) is 34.2 Å². The van der Waals surface area contributed by atoms with Gasteiger partial charge in [-0.25, -0.2) is 9.59 Å². The van der Waals surface area contributed by atoms with Crippen molar-refractivity contribution in [3.63, 3.8) is 0 Å². The molecule has 3 amide bonds. The fourth-order valence-electron chi connectivity index (χ4n) is 6.53. The van der Waals surface area contributed by atoms with Gasteiger partial charge in [-0.2, -0.15) is 0 Å². The van der Waals surface area contributed by atoms with Crippen molar-refractivity contribution < 1.29 is 63.0 Å². The molecule has 0 spiro atoms. The van der Waals surface area contributed by atoms with Gasteiger partial charge in [0.1, 0.15) is 48.0 Å². The number of allylic oxidation sites excluding steroid dienone is 1. The molecule has 0 bridgehead atoms. The summed E-state index contributed by atoms with van der Waals surface area (Å²) in [7, 11) is 1.35. The number of hydrogen-bond acceptors (Lipinski definition) is 15. The number of rotatable bonds is 11. The van der Waals surface area contributed by atoms with E-state index in [1.54, 1.807) is 20.8 Å². The van der Waals surface area contributed by atoms with Gasteiger partial charge in [0.2, 0.25) is 5.91 Å². The van der Waals surface area contributed by atoms with Crippen LogP contribution in [0.4, 0.5) is 15.3 Å². The number of carbonyl (C=O) groups is 3. The molecule has 10 atom stereocenters. The van der Waals surface area contributed by atoms with Gasteiger partial charge in [-0.3, -0.25) is 14.9 Å². The van der Waals surface area contributed by atoms with Crippen LogP contribution in [0, 0.1) is 10.1 Å². The summed E-state index contributed by atoms with van der Waals surface area (Å²) >= 11 is 0. The molecular weight excluding hydrogens is 702 g/mol. The van der Waals surface area contributed by atoms with Crippen molar-refractivity contribution >= 4 is 23.8 Å². The first kappa shape index (κ1) is 41.6. The van der Waals surface area contributed by atoms with Crippen LogP contribution < -0.4 is 16.4 Å². The van der Waals surface area contributed by atoms with E-state index >= 15 is 0 Å². The first-order valence-corrected chi connectivity index (χ1v) is 17.3. The summed E-state index contributed by atoms with van der Waals surface area (Å²) in [6.07, 6.45) is -7.37. The quantitative estimate of drug-likeness (QED) is 0.136. The second kappa shape index (κ2) is 17.4. The Balaban J connectivity index is 1.57. The third-order valence-corrected chi connectivity index (χ3v) is 8.92. The highest BCUT2D eigenvalue weighted by atomic mass is 16.7. The normalized spacial score (nSPS) is 31.7. The summed E-state index contributed by atoms with van der Waals surface area (Å²) in [6, 6.07) is 2.12. The number of nitro groups is 1. The molecule has 2 fully saturated rings. The highest BCUT2D eigenvalue weighted by molar-refractivity contribution is 5.73. The predicted octanol–water partition coefficient (Wildman–Crippen LogP) is 0.912. The zero-order chi connectivity index (χ0) is 39.2. The van der Waals surface area contributed by atoms with Crippen LogP contribution in [0.25, 0.3) is 0 Å². The minimum absolute atomic E-state index is 0.0767. The summed E-state index contributed by atoms with van der Waals surface area (Å²) in [5, 5.41) is 51.0. The third-order valence-electron chi connectivity index (χ3n) is 8.92. The van der Waals surface area contributed by atoms with E-state index < -0.39 is 95.9 Å². The molecule has 1 saturated heterocycles. The number of alkyl carbamates (subject to hydrolysis) is 1. The maximum absolute atomic E-state index is 13.1. The molecule has 1 aromatic carbocycles. The van der Waals surface area contributed by atoms with Crippen LogP contribution in [-0.2, 0) is 39.8 Å². The lowest BCUT2D eigenvalue weighted by atomic mass is 9.83. The number of nitro benzene ring substituents is 1. The van der Waals surface area contributed by atoms with Crippen LogP contribution in [0.15, 0.2) is 36.1 Å². The molecular formula is C34H51N5O14. The van der Waals surface area contributed by atoms with Crippen molar-refractivity contribution in [2.45, 2.75) is 127 Å². The molecule has 19 heteroatoms. The van der Waals surface area contributed by atoms with Crippen LogP contribution in [0.1, 0.15) is 59.4 Å². The fourth-order valence-corrected chi connectivity index (χ4v) is 6.53. The van der Waals surface area contributed by atoms with Gasteiger partial charge in [0.15, 0.2) is 12.6 Å². The molecule has 2 aliphatic heterocycles. The van der Waals surface area contributed by atoms with E-state index in [9.17, 15) is 39.8 Å². The van der Waals surface area contributed by atoms with Gasteiger partial charge in [0, 0.05) is 32.5 Å². The maximum Gasteiger partial charge on any atom is 0.410 e. The van der Waals surface area contributed by atoms with Gasteiger partial charge in [0.25, 0.3) is 5.69 Å². The first-order chi connectivity index (χ1) is 24.8. The average molecular weight is 754 g/mol. The van der Waals surface area contributed by atoms with Crippen molar-refractivity contribution in [2.24, 2.45) is 5.73 Å². The van der Waals surface area contributed by atoms with Crippen molar-refractivity contribution in [3.05, 3.63) is 51.8 Å². The zero-order valence-electron chi connectivity index (χ0n) is 30.6. The lowest BCUT2D eigenvalue weighted by Gasteiger charge is -2.50. The first-order valence-electron chi connectivity index (χ1n) is 17.3. The Morgan fingerprint density at radius 2 is 1.74 bits per heavy atom. The molecule has 0 radical (unpaired) electrons. The number of nitrogens with two attached hydrogens (primary N) is 1. The molecule has 0 aromatic heterocycles. The fraction of sp³-hybridized carbons (Fsp3) is 0.676. The standard InChI is InChI=1S/C34H51N5O14/c1-18(40)36-22-14-23(37-31(43)48-16-19-10-12-20(13-11-19)39(46)47)27(51-24-9-7-8-21(15-35)50-24)25(41)28(22)52-30-26(42)29(34(5,45)17-49-30)38(6)32(44)53-33(2,3)4/h8,10-13,22-30,41-42,45H,7,9,14-17,35H2,1-6H3,(H,36,40)(H,37,43)/t22-,23+,24-,25+,26-,27-,28+,29-,30-,34+/m1/s1. The Morgan fingerprint density at radius 1 is 1.09 bits per heavy atom. The molecule has 3 aliphatic rings. The largest absolute Gasteiger partial charge is 0.468 e. The van der Waals surface area contributed by atoms with E-state index in [2.05, 4.69) is 10.6 Å². The van der Waals surface area contributed by atoms with Crippen LogP contribution in [-0.4, -0.2) is 130 Å². The number of carbonyl (C=O) groups excluding carboxylic acids is 3. The van der Waals surface area contributed by atoms with Crippen LogP contribution in [0.3, 0.4) is 0 Å². The van der Waals surface area contributed by atoms with E-state index in [1.807, 2.05) is 6.08 Å². The molecule has 2 heterocycles. The van der Waals surface area contributed by atoms with Crippen molar-refractivity contribution in [1.82, 2.24) is 15.5 Å². The molecule has 53 heavy (non-hydrogen) atoms. The number of nitrogens with zero attached hydrogens (tertiary/aromatic N) is 2. The Bertz CT molecular complexity index is 1480. The number of benzene rings is 1. The summed E-state index contributed by atoms with van der Waals surface area (Å²) in [5.74, 6) is -0.0352. The summed E-state index contributed by atoms with van der Waals surface area (Å²) in [6.45, 7) is 7.10. The third kappa shape index (κ3) is 11.0. The van der Waals surface area contributed by atoms with Gasteiger partial charge in [-0.15, -0.1) is 0 Å². The summed E-state index contributed by atoms with van der Waals surface area (Å²) in [5.41, 5.74) is 3.49. The molecule has 1 aromatic rings. The Morgan fingerprint density at radius 3 is 2.34 bits per heavy atom. The topological polar surface area (TPSA) is 264 Å². The number of ether oxygens (including phenoxy) is 6. The second-order valence-corrected chi connectivity index (χ2v) is 14.5. The van der Waals surface area contributed by atoms with Crippen LogP contribution in [0.5, 0.6) is 0 Å². The molecule has 1 saturated carbocycles. The van der Waals surface area contributed by atoms with Gasteiger partial charge < -0.3 is 65.0 Å². The Kier molecular flexibility index (Phi) is 13.6. The van der Waals surface area contributed by atoms with Crippen LogP contribution in [0.2, 0.25) is 0 Å². The lowest BCUT2D eigenvalue weighted by molar-refractivity contribution is -0.384. The number of nitrogens with one attached hydrogen (secondary N) is 2. The van der Waals surface area contributed by atoms with E-state index in [0.717, 1.165) is 4.90 Å². The summed E-state index contributed by atoms with van der Waals surface area (Å²) in [4.78, 5) is 50.0. The van der Waals surface area contributed by atoms with Crippen molar-refractivity contribution in [3.8, 4) is 0 Å². The SMILES string of the molecule is CC(=O)N[C@@H]1C[C@H](NC(=O)OCc2ccc([N+](=O)[O-])cc2)[C@@H](O[C@@H]2CCC=C(CN)O2)[C@H](O)[C@H]1O[C@H]1OC[C@](C)(O)[C@H](N(C)C(=O)OC(C)(C)C)[C@H]1O. The predicted molar refractivity (Wildman–Crippen MR) is 184 cm³/mol. The Labute approximate surface area is 306 Å². The maximum atomic E-state index is 13.1. The van der Waals surface area contributed by atoms with E-state index in [-0.39, 0.29) is 25.3 Å². The molecule has 1 aliphatic carbocycles. The number of amides is 3. The number of likely N-dealkylation sites (N-methyl/N-ethyl adjacent to an activating group) is 1. The van der Waals surface area contributed by atoms with E-state index in [0.29, 0.717) is 24.2 Å². The number of aliphatic hydroxyl groups excluding tert-OH is 2. The minimum Gasteiger partial charge on any atom is -0.468 e. The van der Waals surface area contributed by atoms with E-state index in [1.165, 1.54) is 45.2 Å². The summed E-state index contributed by atoms with van der Waals surface area (Å²) < 4.78 is 34.8. The minimum atomic E-state index is -1.75. The van der Waals surface area contributed by atoms with Crippen molar-refractivity contribution in [2.75, 3.05) is 20.2 Å². The molecule has 0 unspecified atom stereocenters. The second-order valence-electron chi connectivity index (χ2n) is 14.5. The Hall–Kier alpha value is -4.11. The molecule has 296 valence electrons. The van der Waals surface area contributed by atoms with Gasteiger partial charge in [-0.05, 0) is 64.3 Å². The highest BCUT2D eigenvalue weighted by Crippen LogP contribution is 2.34. The zero-order valence-corrected chi connectivity index (χ0v) is 30.6. The number of non-ortho nitro benzene ring substituents is 1. The van der Waals surface area contributed by atoms with Crippen molar-refractivity contribution in [1.29, 1.82) is 0 Å². The molecule has 4 rings (SSSR count). The smallest absolute Gasteiger partial charge is 0.410 e. The van der Waals surface area contributed by atoms with Crippen LogP contribution >= 0.6 is 0 Å². The number of aliphatic hydroxyl groups is 3. The lowest BCUT2D eigenvalue weighted by Crippen LogP contribution is -2.70. The van der Waals surface area contributed by atoms with Gasteiger partial charge >= 0.3 is 12.2 Å². The molecule has 7 N–H and O–H groups in total. The van der Waals surface area contributed by atoms with Gasteiger partial charge in [0.05, 0.1) is 36.2 Å². The van der Waals surface area contributed by atoms with Gasteiger partial charge in [-0.1, -0.05) is 0 Å². The monoisotopic (exact) mass is 753 g/mol. The number of hydrogen-bond donors (Lipinski definition) is 6. The molecule has 19 nitrogen and oxygen atoms in total. The average Bonchev–Trinajstić information content (AvgIpc) is 3.07. The highest BCUT2D eigenvalue weighted by Gasteiger charge is 2.54.